The van der Waals surface area contributed by atoms with E-state index in [0.717, 1.165) is 23.3 Å². The van der Waals surface area contributed by atoms with E-state index in [1.165, 1.54) is 13.8 Å². The Bertz CT molecular complexity index is 1290. The topological polar surface area (TPSA) is 75.0 Å². The highest BCUT2D eigenvalue weighted by atomic mass is 35.5. The van der Waals surface area contributed by atoms with E-state index in [1.807, 2.05) is 19.1 Å². The number of nitrogens with zero attached hydrogens (tertiary/aromatic N) is 2. The summed E-state index contributed by atoms with van der Waals surface area (Å²) in [6.07, 6.45) is -3.37. The number of amides is 1. The molecule has 1 aromatic heterocycles. The smallest absolute Gasteiger partial charge is 0.417 e. The van der Waals surface area contributed by atoms with Crippen LogP contribution in [0.5, 0.6) is 5.88 Å². The second-order valence-electron chi connectivity index (χ2n) is 9.08. The van der Waals surface area contributed by atoms with Crippen LogP contribution in [0.25, 0.3) is 0 Å². The Morgan fingerprint density at radius 3 is 2.32 bits per heavy atom. The summed E-state index contributed by atoms with van der Waals surface area (Å²) in [6, 6.07) is 15.9. The minimum absolute atomic E-state index is 0.118. The van der Waals surface area contributed by atoms with Crippen molar-refractivity contribution in [2.45, 2.75) is 50.9 Å². The number of benzene rings is 2. The number of carbonyl (C=O) groups excluding carboxylic acids is 1. The van der Waals surface area contributed by atoms with Gasteiger partial charge in [0, 0.05) is 34.3 Å². The van der Waals surface area contributed by atoms with Crippen LogP contribution in [0, 0.1) is 11.3 Å². The van der Waals surface area contributed by atoms with Crippen molar-refractivity contribution in [2.24, 2.45) is 0 Å². The lowest BCUT2D eigenvalue weighted by molar-refractivity contribution is -0.138. The van der Waals surface area contributed by atoms with Gasteiger partial charge in [-0.25, -0.2) is 4.98 Å². The van der Waals surface area contributed by atoms with Crippen LogP contribution in [0.2, 0.25) is 10.0 Å². The van der Waals surface area contributed by atoms with E-state index in [9.17, 15) is 23.2 Å². The molecule has 37 heavy (non-hydrogen) atoms. The lowest BCUT2D eigenvalue weighted by atomic mass is 9.85. The van der Waals surface area contributed by atoms with Crippen molar-refractivity contribution in [3.05, 3.63) is 93.1 Å². The predicted molar refractivity (Wildman–Crippen MR) is 136 cm³/mol. The summed E-state index contributed by atoms with van der Waals surface area (Å²) >= 11 is 12.3. The number of hydrogen-bond donors (Lipinski definition) is 1. The summed E-state index contributed by atoms with van der Waals surface area (Å²) in [6.45, 7) is 4.81. The monoisotopic (exact) mass is 549 g/mol. The molecule has 5 nitrogen and oxygen atoms in total. The fourth-order valence-electron chi connectivity index (χ4n) is 3.75. The maximum absolute atomic E-state index is 13.2. The van der Waals surface area contributed by atoms with Crippen molar-refractivity contribution < 1.29 is 22.7 Å². The highest BCUT2D eigenvalue weighted by Crippen LogP contribution is 2.31. The van der Waals surface area contributed by atoms with Crippen LogP contribution < -0.4 is 10.1 Å². The number of pyridine rings is 1. The standard InChI is InChI=1S/C27H24Cl2F3N3O2/c1-16(35-25(36)26(2,3)37-24-9-6-20(15-34-24)27(30,31)32)23(12-17-4-7-21(28)8-5-17)19-10-18(14-33)11-22(29)13-19/h4-11,13,15-16,23H,12H2,1-3H3,(H,35,36)/t16-,23+/m0/s1. The first-order valence-electron chi connectivity index (χ1n) is 11.3. The molecule has 2 atom stereocenters. The summed E-state index contributed by atoms with van der Waals surface area (Å²) in [5.41, 5.74) is -0.260. The number of alkyl halides is 3. The van der Waals surface area contributed by atoms with Gasteiger partial charge in [-0.1, -0.05) is 35.3 Å². The number of nitriles is 1. The van der Waals surface area contributed by atoms with Gasteiger partial charge in [0.2, 0.25) is 5.88 Å². The van der Waals surface area contributed by atoms with E-state index in [1.54, 1.807) is 30.3 Å². The minimum Gasteiger partial charge on any atom is -0.462 e. The Balaban J connectivity index is 1.82. The van der Waals surface area contributed by atoms with Crippen LogP contribution in [-0.2, 0) is 17.4 Å². The molecule has 3 aromatic rings. The molecule has 0 aliphatic carbocycles. The van der Waals surface area contributed by atoms with Crippen LogP contribution >= 0.6 is 23.2 Å². The summed E-state index contributed by atoms with van der Waals surface area (Å²) in [5, 5.41) is 13.3. The molecule has 0 spiro atoms. The Morgan fingerprint density at radius 1 is 1.08 bits per heavy atom. The molecule has 1 heterocycles. The van der Waals surface area contributed by atoms with E-state index in [2.05, 4.69) is 16.4 Å². The number of halogens is 5. The van der Waals surface area contributed by atoms with Gasteiger partial charge < -0.3 is 10.1 Å². The van der Waals surface area contributed by atoms with Gasteiger partial charge in [-0.05, 0) is 74.7 Å². The molecule has 0 radical (unpaired) electrons. The SMILES string of the molecule is C[C@H](NC(=O)C(C)(C)Oc1ccc(C(F)(F)F)cn1)[C@@H](Cc1ccc(Cl)cc1)c1cc(Cl)cc(C#N)c1. The second-order valence-corrected chi connectivity index (χ2v) is 9.95. The van der Waals surface area contributed by atoms with E-state index in [0.29, 0.717) is 28.2 Å². The van der Waals surface area contributed by atoms with E-state index >= 15 is 0 Å². The summed E-state index contributed by atoms with van der Waals surface area (Å²) in [5.74, 6) is -0.895. The predicted octanol–water partition coefficient (Wildman–Crippen LogP) is 6.97. The van der Waals surface area contributed by atoms with Gasteiger partial charge in [0.1, 0.15) is 0 Å². The lowest BCUT2D eigenvalue weighted by Gasteiger charge is -2.31. The molecule has 1 amide bonds. The van der Waals surface area contributed by atoms with Crippen molar-refractivity contribution in [1.82, 2.24) is 10.3 Å². The normalized spacial score (nSPS) is 13.4. The zero-order valence-electron chi connectivity index (χ0n) is 20.2. The largest absolute Gasteiger partial charge is 0.462 e. The molecule has 3 rings (SSSR count). The molecule has 0 bridgehead atoms. The van der Waals surface area contributed by atoms with Gasteiger partial charge in [-0.2, -0.15) is 18.4 Å². The first kappa shape index (κ1) is 28.3. The lowest BCUT2D eigenvalue weighted by Crippen LogP contribution is -2.51. The Labute approximate surface area is 223 Å². The number of carbonyl (C=O) groups is 1. The van der Waals surface area contributed by atoms with E-state index < -0.39 is 29.3 Å². The van der Waals surface area contributed by atoms with Gasteiger partial charge in [0.25, 0.3) is 5.91 Å². The first-order valence-corrected chi connectivity index (χ1v) is 12.0. The highest BCUT2D eigenvalue weighted by Gasteiger charge is 2.35. The molecule has 0 aliphatic rings. The Kier molecular flexibility index (Phi) is 8.72. The third kappa shape index (κ3) is 7.61. The molecular formula is C27H24Cl2F3N3O2. The molecule has 0 unspecified atom stereocenters. The van der Waals surface area contributed by atoms with Crippen molar-refractivity contribution in [1.29, 1.82) is 5.26 Å². The van der Waals surface area contributed by atoms with Gasteiger partial charge in [0.15, 0.2) is 5.60 Å². The zero-order valence-corrected chi connectivity index (χ0v) is 21.7. The molecule has 194 valence electrons. The fraction of sp³-hybridized carbons (Fsp3) is 0.296. The third-order valence-corrected chi connectivity index (χ3v) is 6.25. The van der Waals surface area contributed by atoms with Crippen molar-refractivity contribution >= 4 is 29.1 Å². The van der Waals surface area contributed by atoms with Crippen molar-refractivity contribution in [3.8, 4) is 11.9 Å². The van der Waals surface area contributed by atoms with Crippen LogP contribution in [-0.4, -0.2) is 22.5 Å². The first-order chi connectivity index (χ1) is 17.3. The third-order valence-electron chi connectivity index (χ3n) is 5.78. The van der Waals surface area contributed by atoms with Gasteiger partial charge in [0.05, 0.1) is 17.2 Å². The van der Waals surface area contributed by atoms with Crippen LogP contribution in [0.4, 0.5) is 13.2 Å². The van der Waals surface area contributed by atoms with Gasteiger partial charge in [-0.15, -0.1) is 0 Å². The summed E-state index contributed by atoms with van der Waals surface area (Å²) < 4.78 is 44.1. The van der Waals surface area contributed by atoms with Crippen molar-refractivity contribution in [2.75, 3.05) is 0 Å². The minimum atomic E-state index is -4.53. The van der Waals surface area contributed by atoms with Gasteiger partial charge >= 0.3 is 6.18 Å². The van der Waals surface area contributed by atoms with Gasteiger partial charge in [-0.3, -0.25) is 4.79 Å². The Hall–Kier alpha value is -3.28. The maximum atomic E-state index is 13.2. The van der Waals surface area contributed by atoms with Crippen molar-refractivity contribution in [3.63, 3.8) is 0 Å². The number of nitrogens with one attached hydrogen (secondary N) is 1. The maximum Gasteiger partial charge on any atom is 0.417 e. The van der Waals surface area contributed by atoms with Crippen LogP contribution in [0.1, 0.15) is 48.9 Å². The highest BCUT2D eigenvalue weighted by molar-refractivity contribution is 6.31. The molecule has 10 heteroatoms. The average molecular weight is 550 g/mol. The number of aromatic nitrogens is 1. The molecule has 0 saturated heterocycles. The van der Waals surface area contributed by atoms with Crippen LogP contribution in [0.3, 0.4) is 0 Å². The zero-order chi connectivity index (χ0) is 27.4. The summed E-state index contributed by atoms with van der Waals surface area (Å²) in [7, 11) is 0. The van der Waals surface area contributed by atoms with E-state index in [4.69, 9.17) is 27.9 Å². The summed E-state index contributed by atoms with van der Waals surface area (Å²) in [4.78, 5) is 16.9. The second kappa shape index (κ2) is 11.4. The quantitative estimate of drug-likeness (QED) is 0.329. The molecule has 2 aromatic carbocycles. The van der Waals surface area contributed by atoms with E-state index in [-0.39, 0.29) is 11.8 Å². The average Bonchev–Trinajstić information content (AvgIpc) is 2.82. The molecule has 0 aliphatic heterocycles. The molecule has 1 N–H and O–H groups in total. The molecule has 0 fully saturated rings. The number of rotatable bonds is 8. The molecule has 0 saturated carbocycles. The Morgan fingerprint density at radius 2 is 1.76 bits per heavy atom. The fourth-order valence-corrected chi connectivity index (χ4v) is 4.12. The molecular weight excluding hydrogens is 526 g/mol. The van der Waals surface area contributed by atoms with Crippen LogP contribution in [0.15, 0.2) is 60.8 Å². The number of ether oxygens (including phenoxy) is 1. The number of hydrogen-bond acceptors (Lipinski definition) is 4.